The minimum absolute atomic E-state index is 0.244. The molecule has 0 saturated heterocycles. The molecule has 3 heteroatoms. The standard InChI is InChI=1S/C8H15NO2/c1-4-5-8(9,6(2)10)7(3)11/h4-5,9H2,1-3H3. The Kier molecular flexibility index (Phi) is 3.39. The third-order valence-corrected chi connectivity index (χ3v) is 1.90. The van der Waals surface area contributed by atoms with Gasteiger partial charge in [-0.15, -0.1) is 0 Å². The van der Waals surface area contributed by atoms with Gasteiger partial charge in [0, 0.05) is 0 Å². The summed E-state index contributed by atoms with van der Waals surface area (Å²) in [5, 5.41) is 0. The molecule has 0 amide bonds. The van der Waals surface area contributed by atoms with Crippen LogP contribution >= 0.6 is 0 Å². The minimum atomic E-state index is -1.23. The third kappa shape index (κ3) is 2.12. The maximum absolute atomic E-state index is 11.0. The van der Waals surface area contributed by atoms with Crippen LogP contribution in [-0.2, 0) is 9.59 Å². The molecular weight excluding hydrogens is 142 g/mol. The van der Waals surface area contributed by atoms with Crippen LogP contribution < -0.4 is 5.73 Å². The second kappa shape index (κ2) is 3.62. The van der Waals surface area contributed by atoms with Crippen LogP contribution in [0.25, 0.3) is 0 Å². The summed E-state index contributed by atoms with van der Waals surface area (Å²) in [5.74, 6) is -0.487. The lowest BCUT2D eigenvalue weighted by atomic mass is 9.87. The molecule has 0 aliphatic carbocycles. The van der Waals surface area contributed by atoms with Gasteiger partial charge in [-0.25, -0.2) is 0 Å². The largest absolute Gasteiger partial charge is 0.313 e. The predicted octanol–water partition coefficient (Wildman–Crippen LogP) is 0.662. The predicted molar refractivity (Wildman–Crippen MR) is 43.2 cm³/mol. The van der Waals surface area contributed by atoms with Crippen LogP contribution in [0.15, 0.2) is 0 Å². The Morgan fingerprint density at radius 2 is 1.64 bits per heavy atom. The lowest BCUT2D eigenvalue weighted by Gasteiger charge is -2.22. The van der Waals surface area contributed by atoms with Crippen molar-refractivity contribution in [2.24, 2.45) is 5.73 Å². The first-order chi connectivity index (χ1) is 4.95. The molecule has 0 aromatic heterocycles. The fraction of sp³-hybridized carbons (Fsp3) is 0.750. The van der Waals surface area contributed by atoms with E-state index in [1.807, 2.05) is 6.92 Å². The van der Waals surface area contributed by atoms with Crippen LogP contribution in [0.5, 0.6) is 0 Å². The van der Waals surface area contributed by atoms with Crippen molar-refractivity contribution in [3.8, 4) is 0 Å². The molecule has 0 bridgehead atoms. The summed E-state index contributed by atoms with van der Waals surface area (Å²) in [6.07, 6.45) is 1.19. The second-order valence-corrected chi connectivity index (χ2v) is 2.83. The number of hydrogen-bond donors (Lipinski definition) is 1. The zero-order chi connectivity index (χ0) is 9.07. The van der Waals surface area contributed by atoms with Gasteiger partial charge in [-0.05, 0) is 20.3 Å². The van der Waals surface area contributed by atoms with Gasteiger partial charge in [0.1, 0.15) is 5.54 Å². The van der Waals surface area contributed by atoms with Crippen LogP contribution in [0.2, 0.25) is 0 Å². The Hall–Kier alpha value is -0.700. The maximum atomic E-state index is 11.0. The topological polar surface area (TPSA) is 60.2 Å². The van der Waals surface area contributed by atoms with Gasteiger partial charge < -0.3 is 5.73 Å². The lowest BCUT2D eigenvalue weighted by Crippen LogP contribution is -2.52. The molecule has 3 nitrogen and oxygen atoms in total. The van der Waals surface area contributed by atoms with Crippen molar-refractivity contribution < 1.29 is 9.59 Å². The Bertz CT molecular complexity index is 161. The normalized spacial score (nSPS) is 11.3. The molecule has 0 aliphatic rings. The molecule has 0 unspecified atom stereocenters. The summed E-state index contributed by atoms with van der Waals surface area (Å²) in [5.41, 5.74) is 4.37. The number of hydrogen-bond acceptors (Lipinski definition) is 3. The van der Waals surface area contributed by atoms with Crippen molar-refractivity contribution in [2.75, 3.05) is 0 Å². The fourth-order valence-electron chi connectivity index (χ4n) is 0.994. The van der Waals surface area contributed by atoms with E-state index in [1.54, 1.807) is 0 Å². The van der Waals surface area contributed by atoms with E-state index in [9.17, 15) is 9.59 Å². The van der Waals surface area contributed by atoms with Crippen molar-refractivity contribution in [2.45, 2.75) is 39.2 Å². The van der Waals surface area contributed by atoms with Gasteiger partial charge in [0.05, 0.1) is 0 Å². The van der Waals surface area contributed by atoms with Gasteiger partial charge in [0.15, 0.2) is 11.6 Å². The van der Waals surface area contributed by atoms with E-state index < -0.39 is 5.54 Å². The number of ketones is 2. The van der Waals surface area contributed by atoms with E-state index >= 15 is 0 Å². The van der Waals surface area contributed by atoms with E-state index in [0.717, 1.165) is 6.42 Å². The molecule has 0 spiro atoms. The van der Waals surface area contributed by atoms with Crippen LogP contribution in [0.1, 0.15) is 33.6 Å². The molecule has 0 heterocycles. The van der Waals surface area contributed by atoms with Crippen molar-refractivity contribution in [3.05, 3.63) is 0 Å². The summed E-state index contributed by atoms with van der Waals surface area (Å²) in [6, 6.07) is 0. The van der Waals surface area contributed by atoms with E-state index in [1.165, 1.54) is 13.8 Å². The van der Waals surface area contributed by atoms with Crippen molar-refractivity contribution in [3.63, 3.8) is 0 Å². The van der Waals surface area contributed by atoms with Crippen LogP contribution in [-0.4, -0.2) is 17.1 Å². The third-order valence-electron chi connectivity index (χ3n) is 1.90. The number of carbonyl (C=O) groups excluding carboxylic acids is 2. The number of carbonyl (C=O) groups is 2. The second-order valence-electron chi connectivity index (χ2n) is 2.83. The number of nitrogens with two attached hydrogens (primary N) is 1. The quantitative estimate of drug-likeness (QED) is 0.610. The van der Waals surface area contributed by atoms with Crippen molar-refractivity contribution in [1.82, 2.24) is 0 Å². The highest BCUT2D eigenvalue weighted by Crippen LogP contribution is 2.11. The van der Waals surface area contributed by atoms with Gasteiger partial charge in [-0.2, -0.15) is 0 Å². The number of Topliss-reactive ketones (excluding diaryl/α,β-unsaturated/α-hetero) is 2. The highest BCUT2D eigenvalue weighted by atomic mass is 16.2. The molecule has 0 rings (SSSR count). The molecule has 0 saturated carbocycles. The molecular formula is C8H15NO2. The van der Waals surface area contributed by atoms with E-state index in [0.29, 0.717) is 6.42 Å². The SMILES string of the molecule is CCCC(N)(C(C)=O)C(C)=O. The van der Waals surface area contributed by atoms with Crippen LogP contribution in [0.4, 0.5) is 0 Å². The first-order valence-corrected chi connectivity index (χ1v) is 3.76. The number of rotatable bonds is 4. The fourth-order valence-corrected chi connectivity index (χ4v) is 0.994. The monoisotopic (exact) mass is 157 g/mol. The van der Waals surface area contributed by atoms with Gasteiger partial charge >= 0.3 is 0 Å². The Balaban J connectivity index is 4.52. The van der Waals surface area contributed by atoms with Gasteiger partial charge in [-0.3, -0.25) is 9.59 Å². The van der Waals surface area contributed by atoms with E-state index in [4.69, 9.17) is 5.73 Å². The average Bonchev–Trinajstić information content (AvgIpc) is 1.87. The zero-order valence-corrected chi connectivity index (χ0v) is 7.31. The Morgan fingerprint density at radius 1 is 1.27 bits per heavy atom. The van der Waals surface area contributed by atoms with E-state index in [2.05, 4.69) is 0 Å². The van der Waals surface area contributed by atoms with Crippen LogP contribution in [0, 0.1) is 0 Å². The molecule has 0 atom stereocenters. The minimum Gasteiger partial charge on any atom is -0.313 e. The summed E-state index contributed by atoms with van der Waals surface area (Å²) in [4.78, 5) is 21.9. The first-order valence-electron chi connectivity index (χ1n) is 3.76. The Labute approximate surface area is 67.0 Å². The van der Waals surface area contributed by atoms with Crippen molar-refractivity contribution >= 4 is 11.6 Å². The lowest BCUT2D eigenvalue weighted by molar-refractivity contribution is -0.132. The summed E-state index contributed by atoms with van der Waals surface area (Å²) < 4.78 is 0. The summed E-state index contributed by atoms with van der Waals surface area (Å²) in [7, 11) is 0. The molecule has 64 valence electrons. The zero-order valence-electron chi connectivity index (χ0n) is 7.31. The molecule has 0 aromatic carbocycles. The van der Waals surface area contributed by atoms with Gasteiger partial charge in [0.25, 0.3) is 0 Å². The molecule has 2 N–H and O–H groups in total. The summed E-state index contributed by atoms with van der Waals surface area (Å²) >= 11 is 0. The Morgan fingerprint density at radius 3 is 1.73 bits per heavy atom. The first kappa shape index (κ1) is 10.3. The molecule has 11 heavy (non-hydrogen) atoms. The molecule has 0 aliphatic heterocycles. The van der Waals surface area contributed by atoms with Crippen molar-refractivity contribution in [1.29, 1.82) is 0 Å². The molecule has 0 aromatic rings. The van der Waals surface area contributed by atoms with Crippen LogP contribution in [0.3, 0.4) is 0 Å². The molecule has 0 fully saturated rings. The maximum Gasteiger partial charge on any atom is 0.157 e. The van der Waals surface area contributed by atoms with Gasteiger partial charge in [0.2, 0.25) is 0 Å². The average molecular weight is 157 g/mol. The van der Waals surface area contributed by atoms with E-state index in [-0.39, 0.29) is 11.6 Å². The molecule has 0 radical (unpaired) electrons. The smallest absolute Gasteiger partial charge is 0.157 e. The van der Waals surface area contributed by atoms with Gasteiger partial charge in [-0.1, -0.05) is 13.3 Å². The highest BCUT2D eigenvalue weighted by molar-refractivity contribution is 6.09. The summed E-state index contributed by atoms with van der Waals surface area (Å²) in [6.45, 7) is 4.61. The highest BCUT2D eigenvalue weighted by Gasteiger charge is 2.34.